The monoisotopic (exact) mass is 594 g/mol. The standard InChI is InChI=1S/C30H63O4P.2K/c1-2-3-4-5-6-7-8-9-10-11-12-13-14-15-16-17-18-19-20-21-22-23-24-25-26-27-28-29-30-34-35(31,32)33;;/h2-30H2,1H3,(H2,31,32,33);;/q;2*+1/p-2. The van der Waals surface area contributed by atoms with Gasteiger partial charge in [0.2, 0.25) is 0 Å². The van der Waals surface area contributed by atoms with Crippen molar-refractivity contribution in [2.24, 2.45) is 0 Å². The van der Waals surface area contributed by atoms with Gasteiger partial charge in [-0.2, -0.15) is 0 Å². The van der Waals surface area contributed by atoms with Gasteiger partial charge in [-0.25, -0.2) is 0 Å². The normalized spacial score (nSPS) is 11.3. The summed E-state index contributed by atoms with van der Waals surface area (Å²) in [6.07, 6.45) is 38.0. The molecule has 0 fully saturated rings. The van der Waals surface area contributed by atoms with Gasteiger partial charge >= 0.3 is 103 Å². The van der Waals surface area contributed by atoms with Gasteiger partial charge in [-0.05, 0) is 6.42 Å². The van der Waals surface area contributed by atoms with Crippen molar-refractivity contribution in [3.63, 3.8) is 0 Å². The molecule has 0 aromatic carbocycles. The van der Waals surface area contributed by atoms with Gasteiger partial charge in [-0.3, -0.25) is 0 Å². The maximum atomic E-state index is 10.3. The van der Waals surface area contributed by atoms with Crippen LogP contribution in [0.15, 0.2) is 0 Å². The molecule has 0 saturated carbocycles. The molecule has 0 aliphatic carbocycles. The third kappa shape index (κ3) is 44.0. The average Bonchev–Trinajstić information content (AvgIpc) is 2.82. The van der Waals surface area contributed by atoms with Crippen LogP contribution in [-0.2, 0) is 9.09 Å². The Labute approximate surface area is 317 Å². The van der Waals surface area contributed by atoms with Crippen molar-refractivity contribution in [2.75, 3.05) is 6.61 Å². The van der Waals surface area contributed by atoms with Crippen molar-refractivity contribution in [1.82, 2.24) is 0 Å². The minimum Gasteiger partial charge on any atom is -0.790 e. The average molecular weight is 595 g/mol. The first kappa shape index (κ1) is 44.8. The molecule has 0 spiro atoms. The topological polar surface area (TPSA) is 72.4 Å². The van der Waals surface area contributed by atoms with Crippen molar-refractivity contribution in [3.8, 4) is 0 Å². The first-order chi connectivity index (χ1) is 17.1. The zero-order chi connectivity index (χ0) is 25.7. The second kappa shape index (κ2) is 37.4. The van der Waals surface area contributed by atoms with E-state index in [-0.39, 0.29) is 109 Å². The first-order valence-corrected chi connectivity index (χ1v) is 17.2. The van der Waals surface area contributed by atoms with Gasteiger partial charge in [-0.15, -0.1) is 0 Å². The number of hydrogen-bond donors (Lipinski definition) is 0. The van der Waals surface area contributed by atoms with Crippen molar-refractivity contribution >= 4 is 7.82 Å². The van der Waals surface area contributed by atoms with Crippen LogP contribution >= 0.6 is 7.82 Å². The van der Waals surface area contributed by atoms with Crippen LogP contribution in [0.1, 0.15) is 187 Å². The van der Waals surface area contributed by atoms with Gasteiger partial charge in [0.15, 0.2) is 0 Å². The number of hydrogen-bond acceptors (Lipinski definition) is 4. The molecule has 0 heterocycles. The molecule has 212 valence electrons. The van der Waals surface area contributed by atoms with Gasteiger partial charge in [0.1, 0.15) is 0 Å². The Kier molecular flexibility index (Phi) is 45.3. The third-order valence-corrected chi connectivity index (χ3v) is 7.75. The quantitative estimate of drug-likeness (QED) is 0.0721. The van der Waals surface area contributed by atoms with E-state index >= 15 is 0 Å². The van der Waals surface area contributed by atoms with Crippen LogP contribution in [0, 0.1) is 0 Å². The van der Waals surface area contributed by atoms with Crippen LogP contribution in [0.25, 0.3) is 0 Å². The smallest absolute Gasteiger partial charge is 0.790 e. The minimum absolute atomic E-state index is 0. The van der Waals surface area contributed by atoms with Crippen molar-refractivity contribution < 1.29 is 122 Å². The summed E-state index contributed by atoms with van der Waals surface area (Å²) in [5.74, 6) is 0. The number of rotatable bonds is 30. The zero-order valence-corrected chi connectivity index (χ0v) is 32.7. The predicted octanol–water partition coefficient (Wildman–Crippen LogP) is 3.78. The summed E-state index contributed by atoms with van der Waals surface area (Å²) in [4.78, 5) is 20.7. The van der Waals surface area contributed by atoms with E-state index in [0.717, 1.165) is 12.8 Å². The first-order valence-electron chi connectivity index (χ1n) is 15.7. The van der Waals surface area contributed by atoms with Gasteiger partial charge < -0.3 is 18.9 Å². The second-order valence-electron chi connectivity index (χ2n) is 10.8. The Morgan fingerprint density at radius 2 is 0.595 bits per heavy atom. The Hall–Kier alpha value is 3.38. The molecule has 0 aliphatic rings. The summed E-state index contributed by atoms with van der Waals surface area (Å²) in [6.45, 7) is 2.34. The van der Waals surface area contributed by atoms with Crippen LogP contribution in [0.3, 0.4) is 0 Å². The van der Waals surface area contributed by atoms with Crippen molar-refractivity contribution in [3.05, 3.63) is 0 Å². The van der Waals surface area contributed by atoms with E-state index in [1.54, 1.807) is 0 Å². The molecular weight excluding hydrogens is 533 g/mol. The van der Waals surface area contributed by atoms with Crippen molar-refractivity contribution in [2.45, 2.75) is 187 Å². The molecule has 0 unspecified atom stereocenters. The van der Waals surface area contributed by atoms with Crippen LogP contribution < -0.4 is 113 Å². The summed E-state index contributed by atoms with van der Waals surface area (Å²) in [7, 11) is -4.77. The molecule has 0 saturated heterocycles. The van der Waals surface area contributed by atoms with E-state index in [1.165, 1.54) is 161 Å². The fraction of sp³-hybridized carbons (Fsp3) is 1.00. The van der Waals surface area contributed by atoms with Crippen molar-refractivity contribution in [1.29, 1.82) is 0 Å². The Balaban J connectivity index is -0.00000578. The largest absolute Gasteiger partial charge is 1.00 e. The summed E-state index contributed by atoms with van der Waals surface area (Å²) in [6, 6.07) is 0. The van der Waals surface area contributed by atoms with E-state index in [1.807, 2.05) is 0 Å². The van der Waals surface area contributed by atoms with E-state index in [9.17, 15) is 14.4 Å². The molecular formula is C30H61K2O4P. The van der Waals surface area contributed by atoms with Gasteiger partial charge in [0.05, 0.1) is 14.4 Å². The molecule has 0 rings (SSSR count). The molecule has 0 N–H and O–H groups in total. The molecule has 0 atom stereocenters. The summed E-state index contributed by atoms with van der Waals surface area (Å²) >= 11 is 0. The number of unbranched alkanes of at least 4 members (excludes halogenated alkanes) is 27. The number of phosphoric ester groups is 1. The molecule has 0 aliphatic heterocycles. The molecule has 37 heavy (non-hydrogen) atoms. The molecule has 0 radical (unpaired) electrons. The van der Waals surface area contributed by atoms with E-state index in [4.69, 9.17) is 0 Å². The zero-order valence-electron chi connectivity index (χ0n) is 25.6. The van der Waals surface area contributed by atoms with Gasteiger partial charge in [-0.1, -0.05) is 180 Å². The maximum Gasteiger partial charge on any atom is 1.00 e. The Bertz CT molecular complexity index is 449. The van der Waals surface area contributed by atoms with Crippen LogP contribution in [0.2, 0.25) is 0 Å². The minimum atomic E-state index is -4.77. The van der Waals surface area contributed by atoms with Crippen LogP contribution in [0.5, 0.6) is 0 Å². The molecule has 0 aromatic heterocycles. The molecule has 0 bridgehead atoms. The summed E-state index contributed by atoms with van der Waals surface area (Å²) < 4.78 is 14.6. The summed E-state index contributed by atoms with van der Waals surface area (Å²) in [5, 5.41) is 0. The second-order valence-corrected chi connectivity index (χ2v) is 12.0. The predicted molar refractivity (Wildman–Crippen MR) is 149 cm³/mol. The third-order valence-electron chi connectivity index (χ3n) is 7.25. The fourth-order valence-corrected chi connectivity index (χ4v) is 5.30. The Morgan fingerprint density at radius 1 is 0.405 bits per heavy atom. The Morgan fingerprint density at radius 3 is 0.784 bits per heavy atom. The van der Waals surface area contributed by atoms with E-state index in [0.29, 0.717) is 6.42 Å². The number of phosphoric acid groups is 1. The maximum absolute atomic E-state index is 10.3. The fourth-order valence-electron chi connectivity index (χ4n) is 4.95. The van der Waals surface area contributed by atoms with E-state index < -0.39 is 7.82 Å². The summed E-state index contributed by atoms with van der Waals surface area (Å²) in [5.41, 5.74) is 0. The molecule has 4 nitrogen and oxygen atoms in total. The van der Waals surface area contributed by atoms with Crippen LogP contribution in [0.4, 0.5) is 0 Å². The molecule has 7 heteroatoms. The van der Waals surface area contributed by atoms with E-state index in [2.05, 4.69) is 11.4 Å². The SMILES string of the molecule is CCCCCCCCCCCCCCCCCCCCCCCCCCCCCCOP(=O)([O-])[O-].[K+].[K+]. The van der Waals surface area contributed by atoms with Crippen LogP contribution in [-0.4, -0.2) is 6.61 Å². The van der Waals surface area contributed by atoms with Gasteiger partial charge in [0, 0.05) is 0 Å². The molecule has 0 aromatic rings. The molecule has 0 amide bonds. The van der Waals surface area contributed by atoms with Gasteiger partial charge in [0.25, 0.3) is 0 Å².